The number of hydrogen-bond acceptors (Lipinski definition) is 7. The highest BCUT2D eigenvalue weighted by Crippen LogP contribution is 2.30. The minimum atomic E-state index is -1.76. The van der Waals surface area contributed by atoms with Gasteiger partial charge in [-0.2, -0.15) is 0 Å². The second-order valence-electron chi connectivity index (χ2n) is 6.54. The lowest BCUT2D eigenvalue weighted by Crippen LogP contribution is -2.58. The Bertz CT molecular complexity index is 648. The fraction of sp³-hybridized carbons (Fsp3) is 0.556. The SMILES string of the molecule is CCC(C)OC(=O)O[C@@H](C)[C@@H](C)[C@](N)(Cc1ccc(O)c(O)c1)C(=O)O. The molecule has 0 bridgehead atoms. The fourth-order valence-corrected chi connectivity index (χ4v) is 2.40. The second kappa shape index (κ2) is 8.75. The Morgan fingerprint density at radius 3 is 2.27 bits per heavy atom. The molecule has 0 heterocycles. The van der Waals surface area contributed by atoms with Gasteiger partial charge in [0.2, 0.25) is 0 Å². The predicted molar refractivity (Wildman–Crippen MR) is 94.0 cm³/mol. The molecular formula is C18H27NO7. The Kier molecular flexibility index (Phi) is 7.26. The topological polar surface area (TPSA) is 139 Å². The van der Waals surface area contributed by atoms with Gasteiger partial charge in [-0.15, -0.1) is 0 Å². The van der Waals surface area contributed by atoms with Crippen LogP contribution in [0.25, 0.3) is 0 Å². The Labute approximate surface area is 152 Å². The number of aliphatic carboxylic acids is 1. The first kappa shape index (κ1) is 21.6. The Morgan fingerprint density at radius 2 is 1.77 bits per heavy atom. The van der Waals surface area contributed by atoms with E-state index >= 15 is 0 Å². The molecule has 8 nitrogen and oxygen atoms in total. The molecule has 1 unspecified atom stereocenters. The van der Waals surface area contributed by atoms with Gasteiger partial charge in [0.1, 0.15) is 17.7 Å². The lowest BCUT2D eigenvalue weighted by atomic mass is 9.78. The molecule has 0 spiro atoms. The van der Waals surface area contributed by atoms with Crippen LogP contribution in [0.1, 0.15) is 39.7 Å². The van der Waals surface area contributed by atoms with E-state index < -0.39 is 29.7 Å². The molecule has 0 aliphatic rings. The number of aromatic hydroxyl groups is 2. The Hall–Kier alpha value is -2.48. The molecule has 0 aromatic heterocycles. The summed E-state index contributed by atoms with van der Waals surface area (Å²) in [5.74, 6) is -2.72. The summed E-state index contributed by atoms with van der Waals surface area (Å²) >= 11 is 0. The summed E-state index contributed by atoms with van der Waals surface area (Å²) in [7, 11) is 0. The van der Waals surface area contributed by atoms with Crippen molar-refractivity contribution in [2.45, 2.75) is 58.3 Å². The molecule has 0 aliphatic heterocycles. The van der Waals surface area contributed by atoms with Gasteiger partial charge in [0.05, 0.1) is 0 Å². The molecule has 4 atom stereocenters. The highest BCUT2D eigenvalue weighted by Gasteiger charge is 2.44. The van der Waals surface area contributed by atoms with Crippen LogP contribution in [0, 0.1) is 5.92 Å². The number of rotatable bonds is 8. The molecule has 8 heteroatoms. The van der Waals surface area contributed by atoms with Gasteiger partial charge in [-0.1, -0.05) is 19.9 Å². The predicted octanol–water partition coefficient (Wildman–Crippen LogP) is 2.40. The van der Waals surface area contributed by atoms with Crippen molar-refractivity contribution in [3.05, 3.63) is 23.8 Å². The van der Waals surface area contributed by atoms with E-state index in [-0.39, 0.29) is 24.0 Å². The maximum absolute atomic E-state index is 11.8. The molecule has 0 saturated heterocycles. The third-order valence-electron chi connectivity index (χ3n) is 4.61. The van der Waals surface area contributed by atoms with Crippen molar-refractivity contribution in [1.82, 2.24) is 0 Å². The van der Waals surface area contributed by atoms with Crippen LogP contribution in [0.2, 0.25) is 0 Å². The van der Waals surface area contributed by atoms with Gasteiger partial charge in [0.15, 0.2) is 11.5 Å². The molecule has 0 fully saturated rings. The third kappa shape index (κ3) is 5.26. The van der Waals surface area contributed by atoms with E-state index in [1.54, 1.807) is 20.8 Å². The average Bonchev–Trinajstić information content (AvgIpc) is 2.56. The summed E-state index contributed by atoms with van der Waals surface area (Å²) in [6.45, 7) is 6.68. The van der Waals surface area contributed by atoms with E-state index in [9.17, 15) is 24.9 Å². The van der Waals surface area contributed by atoms with Gasteiger partial charge < -0.3 is 30.5 Å². The van der Waals surface area contributed by atoms with Crippen LogP contribution in [-0.2, 0) is 20.7 Å². The van der Waals surface area contributed by atoms with Crippen LogP contribution in [0.15, 0.2) is 18.2 Å². The molecule has 146 valence electrons. The Balaban J connectivity index is 2.93. The van der Waals surface area contributed by atoms with Crippen molar-refractivity contribution in [2.75, 3.05) is 0 Å². The first-order valence-electron chi connectivity index (χ1n) is 8.41. The molecular weight excluding hydrogens is 342 g/mol. The van der Waals surface area contributed by atoms with E-state index in [2.05, 4.69) is 0 Å². The van der Waals surface area contributed by atoms with Gasteiger partial charge in [-0.05, 0) is 38.0 Å². The molecule has 0 saturated carbocycles. The van der Waals surface area contributed by atoms with Gasteiger partial charge in [-0.3, -0.25) is 4.79 Å². The summed E-state index contributed by atoms with van der Waals surface area (Å²) in [4.78, 5) is 23.6. The standard InChI is InChI=1S/C18H27NO7/c1-5-10(2)25-17(24)26-12(4)11(3)18(19,16(22)23)9-13-6-7-14(20)15(21)8-13/h6-8,10-12,20-21H,5,9,19H2,1-4H3,(H,22,23)/t10?,11-,12+,18-/m1/s1. The number of hydrogen-bond donors (Lipinski definition) is 4. The van der Waals surface area contributed by atoms with Crippen molar-refractivity contribution in [1.29, 1.82) is 0 Å². The quantitative estimate of drug-likeness (QED) is 0.404. The van der Waals surface area contributed by atoms with Crippen LogP contribution in [0.3, 0.4) is 0 Å². The number of ether oxygens (including phenoxy) is 2. The van der Waals surface area contributed by atoms with Gasteiger partial charge in [0, 0.05) is 12.3 Å². The highest BCUT2D eigenvalue weighted by atomic mass is 16.7. The molecule has 1 aromatic rings. The minimum Gasteiger partial charge on any atom is -0.504 e. The lowest BCUT2D eigenvalue weighted by molar-refractivity contribution is -0.147. The van der Waals surface area contributed by atoms with Gasteiger partial charge in [-0.25, -0.2) is 4.79 Å². The third-order valence-corrected chi connectivity index (χ3v) is 4.61. The number of carboxylic acids is 1. The smallest absolute Gasteiger partial charge is 0.504 e. The van der Waals surface area contributed by atoms with Crippen LogP contribution >= 0.6 is 0 Å². The van der Waals surface area contributed by atoms with Crippen molar-refractivity contribution >= 4 is 12.1 Å². The van der Waals surface area contributed by atoms with Crippen LogP contribution < -0.4 is 5.73 Å². The number of phenolic OH excluding ortho intramolecular Hbond substituents is 2. The maximum Gasteiger partial charge on any atom is 0.508 e. The summed E-state index contributed by atoms with van der Waals surface area (Å²) in [5, 5.41) is 28.6. The van der Waals surface area contributed by atoms with Crippen molar-refractivity contribution in [3.8, 4) is 11.5 Å². The van der Waals surface area contributed by atoms with Gasteiger partial charge in [0.25, 0.3) is 0 Å². The summed E-state index contributed by atoms with van der Waals surface area (Å²) in [5.41, 5.74) is 4.79. The average molecular weight is 369 g/mol. The van der Waals surface area contributed by atoms with Crippen molar-refractivity contribution in [2.24, 2.45) is 11.7 Å². The van der Waals surface area contributed by atoms with Gasteiger partial charge >= 0.3 is 12.1 Å². The molecule has 0 radical (unpaired) electrons. The van der Waals surface area contributed by atoms with E-state index in [0.717, 1.165) is 0 Å². The summed E-state index contributed by atoms with van der Waals surface area (Å²) in [6, 6.07) is 3.96. The minimum absolute atomic E-state index is 0.133. The molecule has 26 heavy (non-hydrogen) atoms. The maximum atomic E-state index is 11.8. The molecule has 0 amide bonds. The molecule has 1 aromatic carbocycles. The molecule has 0 aliphatic carbocycles. The molecule has 5 N–H and O–H groups in total. The second-order valence-corrected chi connectivity index (χ2v) is 6.54. The normalized spacial score (nSPS) is 16.8. The number of phenols is 2. The summed E-state index contributed by atoms with van der Waals surface area (Å²) < 4.78 is 10.2. The fourth-order valence-electron chi connectivity index (χ4n) is 2.40. The van der Waals surface area contributed by atoms with E-state index in [4.69, 9.17) is 15.2 Å². The largest absolute Gasteiger partial charge is 0.508 e. The number of carboxylic acid groups (broad SMARTS) is 1. The zero-order valence-corrected chi connectivity index (χ0v) is 15.4. The van der Waals surface area contributed by atoms with Crippen LogP contribution in [-0.4, -0.2) is 45.2 Å². The van der Waals surface area contributed by atoms with E-state index in [1.807, 2.05) is 6.92 Å². The first-order valence-corrected chi connectivity index (χ1v) is 8.41. The highest BCUT2D eigenvalue weighted by molar-refractivity contribution is 5.79. The molecule has 1 rings (SSSR count). The van der Waals surface area contributed by atoms with E-state index in [1.165, 1.54) is 18.2 Å². The number of benzene rings is 1. The zero-order valence-electron chi connectivity index (χ0n) is 15.4. The first-order chi connectivity index (χ1) is 12.0. The number of carbonyl (C=O) groups is 2. The zero-order chi connectivity index (χ0) is 20.1. The van der Waals surface area contributed by atoms with Crippen molar-refractivity contribution in [3.63, 3.8) is 0 Å². The summed E-state index contributed by atoms with van der Waals surface area (Å²) in [6.07, 6.45) is -1.52. The number of carbonyl (C=O) groups excluding carboxylic acids is 1. The van der Waals surface area contributed by atoms with Crippen molar-refractivity contribution < 1.29 is 34.4 Å². The number of nitrogens with two attached hydrogens (primary N) is 1. The van der Waals surface area contributed by atoms with Crippen LogP contribution in [0.4, 0.5) is 4.79 Å². The van der Waals surface area contributed by atoms with E-state index in [0.29, 0.717) is 12.0 Å². The van der Waals surface area contributed by atoms with Crippen LogP contribution in [0.5, 0.6) is 11.5 Å². The monoisotopic (exact) mass is 369 g/mol. The Morgan fingerprint density at radius 1 is 1.15 bits per heavy atom. The lowest BCUT2D eigenvalue weighted by Gasteiger charge is -2.34.